The highest BCUT2D eigenvalue weighted by Crippen LogP contribution is 2.16. The molecule has 1 aromatic rings. The molecule has 4 heteroatoms. The maximum absolute atomic E-state index is 9.17. The largest absolute Gasteiger partial charge is 0.391 e. The van der Waals surface area contributed by atoms with E-state index >= 15 is 0 Å². The Morgan fingerprint density at radius 1 is 1.58 bits per heavy atom. The highest BCUT2D eigenvalue weighted by atomic mass is 35.5. The molecule has 0 bridgehead atoms. The summed E-state index contributed by atoms with van der Waals surface area (Å²) in [4.78, 5) is 3.86. The Morgan fingerprint density at radius 3 is 2.75 bits per heavy atom. The number of pyridine rings is 1. The summed E-state index contributed by atoms with van der Waals surface area (Å²) in [5.74, 6) is 0. The molecule has 12 heavy (non-hydrogen) atoms. The minimum atomic E-state index is -0.592. The lowest BCUT2D eigenvalue weighted by atomic mass is 10.1. The van der Waals surface area contributed by atoms with Gasteiger partial charge in [0.05, 0.1) is 17.2 Å². The predicted octanol–water partition coefficient (Wildman–Crippen LogP) is 1.12. The Bertz CT molecular complexity index is 265. The fraction of sp³-hybridized carbons (Fsp3) is 0.375. The van der Waals surface area contributed by atoms with Gasteiger partial charge in [-0.3, -0.25) is 4.98 Å². The average molecular weight is 187 g/mol. The lowest BCUT2D eigenvalue weighted by molar-refractivity contribution is 0.164. The van der Waals surface area contributed by atoms with Crippen molar-refractivity contribution in [3.63, 3.8) is 0 Å². The summed E-state index contributed by atoms with van der Waals surface area (Å²) in [7, 11) is 0. The number of nitrogens with zero attached hydrogens (tertiary/aromatic N) is 1. The molecular weight excluding hydrogens is 176 g/mol. The summed E-state index contributed by atoms with van der Waals surface area (Å²) in [5.41, 5.74) is 6.41. The van der Waals surface area contributed by atoms with Gasteiger partial charge in [-0.15, -0.1) is 0 Å². The standard InChI is InChI=1S/C8H11ClN2O/c1-5(12)8(10)6-2-7(9)4-11-3-6/h2-5,8,12H,10H2,1H3/t5-,8-/m1/s1. The van der Waals surface area contributed by atoms with Gasteiger partial charge < -0.3 is 10.8 Å². The van der Waals surface area contributed by atoms with Crippen molar-refractivity contribution in [3.8, 4) is 0 Å². The van der Waals surface area contributed by atoms with Crippen molar-refractivity contribution in [2.24, 2.45) is 5.73 Å². The Kier molecular flexibility index (Phi) is 3.03. The van der Waals surface area contributed by atoms with Crippen LogP contribution in [0.2, 0.25) is 5.02 Å². The first-order valence-electron chi connectivity index (χ1n) is 3.65. The number of hydrogen-bond donors (Lipinski definition) is 2. The van der Waals surface area contributed by atoms with Crippen LogP contribution < -0.4 is 5.73 Å². The molecule has 0 saturated carbocycles. The summed E-state index contributed by atoms with van der Waals surface area (Å²) >= 11 is 5.69. The lowest BCUT2D eigenvalue weighted by Crippen LogP contribution is -2.23. The number of hydrogen-bond acceptors (Lipinski definition) is 3. The Balaban J connectivity index is 2.88. The number of nitrogens with two attached hydrogens (primary N) is 1. The maximum Gasteiger partial charge on any atom is 0.0705 e. The number of rotatable bonds is 2. The van der Waals surface area contributed by atoms with E-state index in [2.05, 4.69) is 4.98 Å². The fourth-order valence-electron chi connectivity index (χ4n) is 0.889. The zero-order valence-corrected chi connectivity index (χ0v) is 7.49. The molecule has 1 rings (SSSR count). The summed E-state index contributed by atoms with van der Waals surface area (Å²) in [6, 6.07) is 1.28. The average Bonchev–Trinajstić information content (AvgIpc) is 2.03. The molecule has 0 unspecified atom stereocenters. The van der Waals surface area contributed by atoms with Gasteiger partial charge in [-0.2, -0.15) is 0 Å². The molecule has 0 amide bonds. The first-order chi connectivity index (χ1) is 5.61. The zero-order valence-electron chi connectivity index (χ0n) is 6.74. The van der Waals surface area contributed by atoms with Crippen LogP contribution in [-0.4, -0.2) is 16.2 Å². The third-order valence-electron chi connectivity index (χ3n) is 1.63. The van der Waals surface area contributed by atoms with E-state index in [9.17, 15) is 0 Å². The summed E-state index contributed by atoms with van der Waals surface area (Å²) in [6.07, 6.45) is 2.54. The highest BCUT2D eigenvalue weighted by Gasteiger charge is 2.11. The molecule has 1 aromatic heterocycles. The molecule has 0 radical (unpaired) electrons. The second-order valence-electron chi connectivity index (χ2n) is 2.70. The van der Waals surface area contributed by atoms with Crippen LogP contribution in [0, 0.1) is 0 Å². The quantitative estimate of drug-likeness (QED) is 0.728. The Morgan fingerprint density at radius 2 is 2.25 bits per heavy atom. The van der Waals surface area contributed by atoms with E-state index in [1.807, 2.05) is 0 Å². The molecule has 0 aliphatic heterocycles. The van der Waals surface area contributed by atoms with Crippen molar-refractivity contribution in [2.75, 3.05) is 0 Å². The van der Waals surface area contributed by atoms with Crippen LogP contribution in [0.15, 0.2) is 18.5 Å². The summed E-state index contributed by atoms with van der Waals surface area (Å²) in [5, 5.41) is 9.70. The predicted molar refractivity (Wildman–Crippen MR) is 47.9 cm³/mol. The SMILES string of the molecule is C[C@@H](O)[C@@H](N)c1cncc(Cl)c1. The van der Waals surface area contributed by atoms with Gasteiger partial charge in [-0.05, 0) is 18.6 Å². The molecule has 0 aliphatic carbocycles. The third-order valence-corrected chi connectivity index (χ3v) is 1.84. The lowest BCUT2D eigenvalue weighted by Gasteiger charge is -2.14. The molecule has 0 spiro atoms. The van der Waals surface area contributed by atoms with Gasteiger partial charge in [0, 0.05) is 12.4 Å². The van der Waals surface area contributed by atoms with Gasteiger partial charge in [-0.1, -0.05) is 11.6 Å². The molecule has 1 heterocycles. The molecule has 0 saturated heterocycles. The van der Waals surface area contributed by atoms with E-state index in [0.717, 1.165) is 5.56 Å². The van der Waals surface area contributed by atoms with Crippen LogP contribution >= 0.6 is 11.6 Å². The normalized spacial score (nSPS) is 15.7. The zero-order chi connectivity index (χ0) is 9.14. The molecule has 3 nitrogen and oxygen atoms in total. The minimum Gasteiger partial charge on any atom is -0.391 e. The van der Waals surface area contributed by atoms with Gasteiger partial charge >= 0.3 is 0 Å². The van der Waals surface area contributed by atoms with Crippen molar-refractivity contribution < 1.29 is 5.11 Å². The van der Waals surface area contributed by atoms with Gasteiger partial charge in [-0.25, -0.2) is 0 Å². The number of aliphatic hydroxyl groups is 1. The van der Waals surface area contributed by atoms with Crippen LogP contribution in [0.5, 0.6) is 0 Å². The Hall–Kier alpha value is -0.640. The van der Waals surface area contributed by atoms with Gasteiger partial charge in [0.15, 0.2) is 0 Å². The van der Waals surface area contributed by atoms with Crippen molar-refractivity contribution in [3.05, 3.63) is 29.0 Å². The fourth-order valence-corrected chi connectivity index (χ4v) is 1.07. The maximum atomic E-state index is 9.17. The van der Waals surface area contributed by atoms with Gasteiger partial charge in [0.2, 0.25) is 0 Å². The molecular formula is C8H11ClN2O. The molecule has 2 atom stereocenters. The van der Waals surface area contributed by atoms with E-state index < -0.39 is 12.1 Å². The summed E-state index contributed by atoms with van der Waals surface area (Å²) in [6.45, 7) is 1.63. The first kappa shape index (κ1) is 9.45. The Labute approximate surface area is 76.2 Å². The molecule has 66 valence electrons. The van der Waals surface area contributed by atoms with E-state index in [1.54, 1.807) is 19.2 Å². The van der Waals surface area contributed by atoms with Crippen LogP contribution in [0.3, 0.4) is 0 Å². The minimum absolute atomic E-state index is 0.420. The van der Waals surface area contributed by atoms with E-state index in [4.69, 9.17) is 22.4 Å². The second kappa shape index (κ2) is 3.85. The smallest absolute Gasteiger partial charge is 0.0705 e. The second-order valence-corrected chi connectivity index (χ2v) is 3.14. The van der Waals surface area contributed by atoms with E-state index in [-0.39, 0.29) is 0 Å². The summed E-state index contributed by atoms with van der Waals surface area (Å²) < 4.78 is 0. The number of aliphatic hydroxyl groups excluding tert-OH is 1. The van der Waals surface area contributed by atoms with Crippen molar-refractivity contribution >= 4 is 11.6 Å². The molecule has 0 aromatic carbocycles. The molecule has 3 N–H and O–H groups in total. The third kappa shape index (κ3) is 2.17. The van der Waals surface area contributed by atoms with Crippen molar-refractivity contribution in [1.82, 2.24) is 4.98 Å². The van der Waals surface area contributed by atoms with E-state index in [1.165, 1.54) is 6.20 Å². The monoisotopic (exact) mass is 186 g/mol. The van der Waals surface area contributed by atoms with Crippen molar-refractivity contribution in [2.45, 2.75) is 19.1 Å². The highest BCUT2D eigenvalue weighted by molar-refractivity contribution is 6.30. The molecule has 0 fully saturated rings. The molecule has 0 aliphatic rings. The van der Waals surface area contributed by atoms with Crippen LogP contribution in [0.1, 0.15) is 18.5 Å². The number of halogens is 1. The van der Waals surface area contributed by atoms with E-state index in [0.29, 0.717) is 5.02 Å². The topological polar surface area (TPSA) is 59.1 Å². The van der Waals surface area contributed by atoms with Crippen LogP contribution in [0.4, 0.5) is 0 Å². The van der Waals surface area contributed by atoms with Gasteiger partial charge in [0.25, 0.3) is 0 Å². The van der Waals surface area contributed by atoms with Crippen LogP contribution in [0.25, 0.3) is 0 Å². The number of aromatic nitrogens is 1. The van der Waals surface area contributed by atoms with Crippen molar-refractivity contribution in [1.29, 1.82) is 0 Å². The van der Waals surface area contributed by atoms with Crippen LogP contribution in [-0.2, 0) is 0 Å². The first-order valence-corrected chi connectivity index (χ1v) is 4.03. The van der Waals surface area contributed by atoms with Gasteiger partial charge in [0.1, 0.15) is 0 Å².